The fourth-order valence-corrected chi connectivity index (χ4v) is 1.81. The van der Waals surface area contributed by atoms with E-state index in [2.05, 4.69) is 6.07 Å². The highest BCUT2D eigenvalue weighted by molar-refractivity contribution is 6.31. The second-order valence-corrected chi connectivity index (χ2v) is 3.15. The van der Waals surface area contributed by atoms with Gasteiger partial charge >= 0.3 is 0 Å². The van der Waals surface area contributed by atoms with Crippen molar-refractivity contribution in [1.29, 1.82) is 0 Å². The quantitative estimate of drug-likeness (QED) is 0.627. The molecule has 0 spiro atoms. The van der Waals surface area contributed by atoms with E-state index >= 15 is 0 Å². The average molecular weight is 169 g/mol. The topological polar surface area (TPSA) is 9.23 Å². The molecule has 0 saturated heterocycles. The first-order valence-corrected chi connectivity index (χ1v) is 4.01. The van der Waals surface area contributed by atoms with Crippen LogP contribution in [0.5, 0.6) is 0 Å². The van der Waals surface area contributed by atoms with Gasteiger partial charge in [-0.15, -0.1) is 0 Å². The molecule has 1 atom stereocenters. The van der Waals surface area contributed by atoms with Crippen LogP contribution in [0.25, 0.3) is 0 Å². The van der Waals surface area contributed by atoms with Crippen molar-refractivity contribution in [3.8, 4) is 0 Å². The fraction of sp³-hybridized carbons (Fsp3) is 0.333. The van der Waals surface area contributed by atoms with Crippen LogP contribution in [0.1, 0.15) is 17.2 Å². The maximum Gasteiger partial charge on any atom is 0.0878 e. The molecule has 0 aliphatic heterocycles. The summed E-state index contributed by atoms with van der Waals surface area (Å²) in [7, 11) is 1.72. The highest BCUT2D eigenvalue weighted by atomic mass is 35.5. The van der Waals surface area contributed by atoms with Gasteiger partial charge in [0.05, 0.1) is 6.10 Å². The first-order chi connectivity index (χ1) is 5.33. The van der Waals surface area contributed by atoms with Gasteiger partial charge in [0.2, 0.25) is 0 Å². The van der Waals surface area contributed by atoms with Crippen LogP contribution in [0.2, 0.25) is 5.02 Å². The summed E-state index contributed by atoms with van der Waals surface area (Å²) in [5.41, 5.74) is 2.50. The van der Waals surface area contributed by atoms with Crippen molar-refractivity contribution in [3.63, 3.8) is 0 Å². The van der Waals surface area contributed by atoms with Crippen molar-refractivity contribution in [1.82, 2.24) is 0 Å². The normalized spacial score (nSPS) is 20.7. The Balaban J connectivity index is 2.43. The lowest BCUT2D eigenvalue weighted by Crippen LogP contribution is -2.18. The Bertz CT molecular complexity index is 269. The molecule has 1 aliphatic rings. The van der Waals surface area contributed by atoms with E-state index in [1.807, 2.05) is 12.1 Å². The number of ether oxygens (including phenoxy) is 1. The Morgan fingerprint density at radius 2 is 2.36 bits per heavy atom. The first-order valence-electron chi connectivity index (χ1n) is 3.63. The first kappa shape index (κ1) is 7.14. The molecule has 2 rings (SSSR count). The molecule has 0 fully saturated rings. The number of rotatable bonds is 1. The molecule has 2 heteroatoms. The summed E-state index contributed by atoms with van der Waals surface area (Å²) in [5, 5.41) is 0.834. The van der Waals surface area contributed by atoms with Crippen LogP contribution in [0.4, 0.5) is 0 Å². The highest BCUT2D eigenvalue weighted by Crippen LogP contribution is 2.39. The molecular formula is C9H9ClO. The van der Waals surface area contributed by atoms with Gasteiger partial charge < -0.3 is 4.74 Å². The van der Waals surface area contributed by atoms with Crippen molar-refractivity contribution in [3.05, 3.63) is 34.3 Å². The predicted molar refractivity (Wildman–Crippen MR) is 44.9 cm³/mol. The molecule has 0 aromatic heterocycles. The van der Waals surface area contributed by atoms with Crippen LogP contribution in [0, 0.1) is 0 Å². The van der Waals surface area contributed by atoms with Crippen molar-refractivity contribution in [2.45, 2.75) is 12.5 Å². The Kier molecular flexibility index (Phi) is 1.63. The van der Waals surface area contributed by atoms with Gasteiger partial charge in [0.1, 0.15) is 0 Å². The SMILES string of the molecule is COC1Cc2cccc(Cl)c21. The number of fused-ring (bicyclic) bond motifs is 1. The largest absolute Gasteiger partial charge is 0.376 e. The average Bonchev–Trinajstić information content (AvgIpc) is 1.93. The summed E-state index contributed by atoms with van der Waals surface area (Å²) in [5.74, 6) is 0. The van der Waals surface area contributed by atoms with Crippen LogP contribution in [-0.4, -0.2) is 7.11 Å². The molecule has 1 unspecified atom stereocenters. The Hall–Kier alpha value is -0.530. The third-order valence-electron chi connectivity index (χ3n) is 2.16. The standard InChI is InChI=1S/C9H9ClO/c1-11-8-5-6-3-2-4-7(10)9(6)8/h2-4,8H,5H2,1H3. The van der Waals surface area contributed by atoms with Crippen LogP contribution in [0.15, 0.2) is 18.2 Å². The minimum atomic E-state index is 0.235. The van der Waals surface area contributed by atoms with Crippen molar-refractivity contribution in [2.24, 2.45) is 0 Å². The van der Waals surface area contributed by atoms with Crippen LogP contribution in [0.3, 0.4) is 0 Å². The van der Waals surface area contributed by atoms with E-state index in [1.165, 1.54) is 11.1 Å². The van der Waals surface area contributed by atoms with Gasteiger partial charge in [-0.1, -0.05) is 23.7 Å². The van der Waals surface area contributed by atoms with Crippen molar-refractivity contribution < 1.29 is 4.74 Å². The Labute approximate surface area is 70.9 Å². The molecule has 11 heavy (non-hydrogen) atoms. The lowest BCUT2D eigenvalue weighted by Gasteiger charge is -2.29. The molecular weight excluding hydrogens is 160 g/mol. The van der Waals surface area contributed by atoms with Gasteiger partial charge in [0.25, 0.3) is 0 Å². The second kappa shape index (κ2) is 2.50. The third-order valence-corrected chi connectivity index (χ3v) is 2.48. The monoisotopic (exact) mass is 168 g/mol. The molecule has 1 nitrogen and oxygen atoms in total. The summed E-state index contributed by atoms with van der Waals surface area (Å²) in [6, 6.07) is 5.98. The molecule has 1 aromatic carbocycles. The van der Waals surface area contributed by atoms with Gasteiger partial charge in [-0.3, -0.25) is 0 Å². The summed E-state index contributed by atoms with van der Waals surface area (Å²) >= 11 is 5.96. The minimum Gasteiger partial charge on any atom is -0.376 e. The number of hydrogen-bond acceptors (Lipinski definition) is 1. The molecule has 1 aliphatic carbocycles. The van der Waals surface area contributed by atoms with Gasteiger partial charge in [0.15, 0.2) is 0 Å². The molecule has 0 heterocycles. The molecule has 1 aromatic rings. The maximum absolute atomic E-state index is 5.96. The van der Waals surface area contributed by atoms with Crippen molar-refractivity contribution >= 4 is 11.6 Å². The molecule has 0 saturated carbocycles. The fourth-order valence-electron chi connectivity index (χ4n) is 1.49. The summed E-state index contributed by atoms with van der Waals surface area (Å²) in [6.07, 6.45) is 1.24. The zero-order chi connectivity index (χ0) is 7.84. The minimum absolute atomic E-state index is 0.235. The van der Waals surface area contributed by atoms with Gasteiger partial charge in [-0.05, 0) is 11.6 Å². The number of benzene rings is 1. The van der Waals surface area contributed by atoms with Gasteiger partial charge in [0, 0.05) is 24.1 Å². The van der Waals surface area contributed by atoms with E-state index in [1.54, 1.807) is 7.11 Å². The van der Waals surface area contributed by atoms with E-state index in [9.17, 15) is 0 Å². The van der Waals surface area contributed by atoms with E-state index < -0.39 is 0 Å². The zero-order valence-electron chi connectivity index (χ0n) is 6.30. The Morgan fingerprint density at radius 1 is 1.55 bits per heavy atom. The molecule has 0 N–H and O–H groups in total. The number of methoxy groups -OCH3 is 1. The molecule has 0 bridgehead atoms. The number of hydrogen-bond donors (Lipinski definition) is 0. The zero-order valence-corrected chi connectivity index (χ0v) is 7.06. The van der Waals surface area contributed by atoms with Crippen LogP contribution < -0.4 is 0 Å². The lowest BCUT2D eigenvalue weighted by molar-refractivity contribution is 0.0846. The molecule has 0 radical (unpaired) electrons. The summed E-state index contributed by atoms with van der Waals surface area (Å²) < 4.78 is 5.21. The van der Waals surface area contributed by atoms with E-state index in [4.69, 9.17) is 16.3 Å². The van der Waals surface area contributed by atoms with E-state index in [0.29, 0.717) is 0 Å². The highest BCUT2D eigenvalue weighted by Gasteiger charge is 2.27. The van der Waals surface area contributed by atoms with Crippen LogP contribution >= 0.6 is 11.6 Å². The smallest absolute Gasteiger partial charge is 0.0878 e. The van der Waals surface area contributed by atoms with E-state index in [-0.39, 0.29) is 6.10 Å². The van der Waals surface area contributed by atoms with Gasteiger partial charge in [-0.25, -0.2) is 0 Å². The van der Waals surface area contributed by atoms with Crippen molar-refractivity contribution in [2.75, 3.05) is 7.11 Å². The summed E-state index contributed by atoms with van der Waals surface area (Å²) in [6.45, 7) is 0. The van der Waals surface area contributed by atoms with Gasteiger partial charge in [-0.2, -0.15) is 0 Å². The number of halogens is 1. The molecule has 0 amide bonds. The Morgan fingerprint density at radius 3 is 3.00 bits per heavy atom. The van der Waals surface area contributed by atoms with Crippen LogP contribution in [-0.2, 0) is 11.2 Å². The second-order valence-electron chi connectivity index (χ2n) is 2.74. The molecule has 58 valence electrons. The lowest BCUT2D eigenvalue weighted by atomic mass is 9.85. The maximum atomic E-state index is 5.96. The predicted octanol–water partition coefficient (Wildman–Crippen LogP) is 2.58. The summed E-state index contributed by atoms with van der Waals surface area (Å²) in [4.78, 5) is 0. The third kappa shape index (κ3) is 0.959. The van der Waals surface area contributed by atoms with E-state index in [0.717, 1.165) is 11.4 Å².